The van der Waals surface area contributed by atoms with Crippen LogP contribution in [0.4, 0.5) is 26.3 Å². The Labute approximate surface area is 241 Å². The van der Waals surface area contributed by atoms with Crippen LogP contribution in [0.15, 0.2) is 93.2 Å². The molecule has 0 aliphatic carbocycles. The van der Waals surface area contributed by atoms with Gasteiger partial charge in [0.05, 0.1) is 0 Å². The Morgan fingerprint density at radius 1 is 0.615 bits per heavy atom. The standard InChI is InChI=1S/C24H20F6N6S2.Cu/c25-23(26,27)13-31-21(37)35-33-19(16-8-2-1-3-9-16)20(34-36-22(38)32-14-24(28,29)30)18-12-6-10-15-7-4-5-11-17(15)18;/h1-12H,13-14H2,(H2,31,35,37)(H2,32,36,38);/q;+2/p-2/b33-19+,34-20+;. The van der Waals surface area contributed by atoms with E-state index < -0.39 is 35.8 Å². The van der Waals surface area contributed by atoms with E-state index in [9.17, 15) is 26.3 Å². The van der Waals surface area contributed by atoms with Crippen LogP contribution in [0.25, 0.3) is 10.8 Å². The van der Waals surface area contributed by atoms with E-state index in [0.717, 1.165) is 5.39 Å². The third kappa shape index (κ3) is 10.4. The molecule has 0 unspecified atom stereocenters. The van der Waals surface area contributed by atoms with Gasteiger partial charge in [-0.05, 0) is 21.1 Å². The Morgan fingerprint density at radius 3 is 1.67 bits per heavy atom. The first-order chi connectivity index (χ1) is 17.9. The maximum Gasteiger partial charge on any atom is 2.00 e. The fraction of sp³-hybridized carbons (Fsp3) is 0.167. The predicted molar refractivity (Wildman–Crippen MR) is 141 cm³/mol. The molecule has 0 saturated heterocycles. The fourth-order valence-electron chi connectivity index (χ4n) is 3.11. The van der Waals surface area contributed by atoms with Crippen LogP contribution in [0.2, 0.25) is 0 Å². The van der Waals surface area contributed by atoms with Crippen LogP contribution in [0.3, 0.4) is 0 Å². The molecule has 0 aromatic heterocycles. The van der Waals surface area contributed by atoms with Gasteiger partial charge in [0.1, 0.15) is 24.5 Å². The molecule has 6 nitrogen and oxygen atoms in total. The molecule has 0 spiro atoms. The molecular weight excluding hydrogens is 614 g/mol. The second-order valence-corrected chi connectivity index (χ2v) is 8.31. The Hall–Kier alpha value is -3.26. The minimum Gasteiger partial charge on any atom is -0.741 e. The normalized spacial score (nSPS) is 13.7. The van der Waals surface area contributed by atoms with Crippen LogP contribution in [0.5, 0.6) is 0 Å². The Kier molecular flexibility index (Phi) is 11.6. The van der Waals surface area contributed by atoms with Crippen molar-refractivity contribution in [3.63, 3.8) is 0 Å². The molecule has 209 valence electrons. The van der Waals surface area contributed by atoms with E-state index >= 15 is 0 Å². The van der Waals surface area contributed by atoms with Crippen molar-refractivity contribution in [2.45, 2.75) is 12.4 Å². The van der Waals surface area contributed by atoms with Crippen molar-refractivity contribution in [3.05, 3.63) is 83.9 Å². The summed E-state index contributed by atoms with van der Waals surface area (Å²) in [5, 5.41) is 20.0. The third-order valence-electron chi connectivity index (χ3n) is 4.68. The number of amidine groups is 2. The van der Waals surface area contributed by atoms with E-state index in [1.807, 2.05) is 28.8 Å². The van der Waals surface area contributed by atoms with Crippen molar-refractivity contribution >= 4 is 57.8 Å². The van der Waals surface area contributed by atoms with Gasteiger partial charge in [-0.1, -0.05) is 72.8 Å². The molecule has 0 fully saturated rings. The number of hydrogen-bond acceptors (Lipinski definition) is 6. The molecule has 0 saturated carbocycles. The topological polar surface area (TPSA) is 73.5 Å². The van der Waals surface area contributed by atoms with Crippen molar-refractivity contribution in [3.8, 4) is 0 Å². The average molecular weight is 632 g/mol. The Bertz CT molecular complexity index is 1370. The predicted octanol–water partition coefficient (Wildman–Crippen LogP) is 5.06. The summed E-state index contributed by atoms with van der Waals surface area (Å²) in [6, 6.07) is 20.8. The van der Waals surface area contributed by atoms with Gasteiger partial charge in [-0.3, -0.25) is 0 Å². The molecule has 15 heteroatoms. The number of hydrogen-bond donors (Lipinski definition) is 2. The number of halogens is 6. The van der Waals surface area contributed by atoms with E-state index in [-0.39, 0.29) is 28.5 Å². The van der Waals surface area contributed by atoms with Gasteiger partial charge in [0.25, 0.3) is 0 Å². The van der Waals surface area contributed by atoms with Crippen LogP contribution < -0.4 is 10.6 Å². The summed E-state index contributed by atoms with van der Waals surface area (Å²) >= 11 is 9.74. The summed E-state index contributed by atoms with van der Waals surface area (Å²) in [7, 11) is 0. The van der Waals surface area contributed by atoms with Crippen molar-refractivity contribution in [1.82, 2.24) is 10.6 Å². The summed E-state index contributed by atoms with van der Waals surface area (Å²) in [6.07, 6.45) is -9.06. The van der Waals surface area contributed by atoms with Gasteiger partial charge in [-0.15, -0.1) is 10.2 Å². The molecule has 1 radical (unpaired) electrons. The zero-order valence-corrected chi connectivity index (χ0v) is 22.1. The van der Waals surface area contributed by atoms with Crippen molar-refractivity contribution in [1.29, 1.82) is 0 Å². The number of alkyl halides is 6. The molecule has 2 N–H and O–H groups in total. The summed E-state index contributed by atoms with van der Waals surface area (Å²) in [6.45, 7) is -2.83. The van der Waals surface area contributed by atoms with Crippen LogP contribution in [0.1, 0.15) is 11.1 Å². The van der Waals surface area contributed by atoms with E-state index in [0.29, 0.717) is 16.5 Å². The smallest absolute Gasteiger partial charge is 0.741 e. The summed E-state index contributed by atoms with van der Waals surface area (Å²) in [5.74, 6) is 0. The van der Waals surface area contributed by atoms with Gasteiger partial charge in [0, 0.05) is 11.1 Å². The molecule has 0 atom stereocenters. The van der Waals surface area contributed by atoms with Gasteiger partial charge in [0.2, 0.25) is 0 Å². The average Bonchev–Trinajstić information content (AvgIpc) is 2.87. The van der Waals surface area contributed by atoms with E-state index in [1.54, 1.807) is 54.6 Å². The largest absolute Gasteiger partial charge is 2.00 e. The fourth-order valence-corrected chi connectivity index (χ4v) is 3.34. The second kappa shape index (κ2) is 14.2. The maximum atomic E-state index is 12.6. The van der Waals surface area contributed by atoms with Crippen molar-refractivity contribution in [2.75, 3.05) is 13.1 Å². The van der Waals surface area contributed by atoms with Crippen LogP contribution in [0, 0.1) is 0 Å². The molecule has 39 heavy (non-hydrogen) atoms. The molecule has 3 aromatic rings. The number of nitrogens with one attached hydrogen (secondary N) is 2. The van der Waals surface area contributed by atoms with Crippen molar-refractivity contribution in [2.24, 2.45) is 20.4 Å². The van der Waals surface area contributed by atoms with Gasteiger partial charge in [0.15, 0.2) is 0 Å². The first-order valence-corrected chi connectivity index (χ1v) is 11.5. The van der Waals surface area contributed by atoms with E-state index in [1.165, 1.54) is 0 Å². The third-order valence-corrected chi connectivity index (χ3v) is 5.13. The first kappa shape index (κ1) is 32.0. The zero-order chi connectivity index (χ0) is 27.8. The minimum atomic E-state index is -4.53. The van der Waals surface area contributed by atoms with Gasteiger partial charge >= 0.3 is 29.4 Å². The number of nitrogens with zero attached hydrogens (tertiary/aromatic N) is 4. The van der Waals surface area contributed by atoms with Crippen LogP contribution >= 0.6 is 0 Å². The van der Waals surface area contributed by atoms with Gasteiger partial charge in [-0.2, -0.15) is 36.5 Å². The first-order valence-electron chi connectivity index (χ1n) is 10.7. The van der Waals surface area contributed by atoms with Crippen LogP contribution in [-0.2, 0) is 42.3 Å². The molecule has 0 bridgehead atoms. The SMILES string of the molecule is FC(F)(F)CN/C([S-])=N/N=C(/C(=N/N=C(\[S-])NCC(F)(F)F)c1cccc2ccccc12)c1ccccc1.[Cu+2]. The van der Waals surface area contributed by atoms with Gasteiger partial charge in [-0.25, -0.2) is 0 Å². The van der Waals surface area contributed by atoms with E-state index in [4.69, 9.17) is 25.3 Å². The molecule has 3 rings (SSSR count). The molecule has 0 amide bonds. The van der Waals surface area contributed by atoms with Crippen molar-refractivity contribution < 1.29 is 43.4 Å². The van der Waals surface area contributed by atoms with Gasteiger partial charge < -0.3 is 35.9 Å². The quantitative estimate of drug-likeness (QED) is 0.0956. The monoisotopic (exact) mass is 631 g/mol. The molecular formula is C24H18CuF6N6S2. The minimum absolute atomic E-state index is 0. The number of fused-ring (bicyclic) bond motifs is 1. The number of benzene rings is 3. The summed E-state index contributed by atoms with van der Waals surface area (Å²) in [4.78, 5) is 0. The number of rotatable bonds is 7. The molecule has 3 aromatic carbocycles. The Balaban J connectivity index is 0.00000533. The molecule has 0 aliphatic rings. The second-order valence-electron chi connectivity index (χ2n) is 7.54. The van der Waals surface area contributed by atoms with Crippen LogP contribution in [-0.4, -0.2) is 47.2 Å². The summed E-state index contributed by atoms with van der Waals surface area (Å²) < 4.78 is 75.5. The molecule has 0 heterocycles. The zero-order valence-electron chi connectivity index (χ0n) is 19.5. The Morgan fingerprint density at radius 2 is 1.10 bits per heavy atom. The molecule has 0 aliphatic heterocycles. The maximum absolute atomic E-state index is 12.6. The van der Waals surface area contributed by atoms with E-state index in [2.05, 4.69) is 20.4 Å². The summed E-state index contributed by atoms with van der Waals surface area (Å²) in [5.41, 5.74) is 0.996.